The van der Waals surface area contributed by atoms with Crippen LogP contribution in [0.2, 0.25) is 0 Å². The van der Waals surface area contributed by atoms with Gasteiger partial charge in [-0.3, -0.25) is 14.5 Å². The lowest BCUT2D eigenvalue weighted by Crippen LogP contribution is -2.40. The molecule has 194 valence electrons. The number of hydrogen-bond acceptors (Lipinski definition) is 7. The van der Waals surface area contributed by atoms with Gasteiger partial charge in [-0.2, -0.15) is 5.26 Å². The second-order valence-electron chi connectivity index (χ2n) is 9.79. The summed E-state index contributed by atoms with van der Waals surface area (Å²) in [6.45, 7) is 0. The highest BCUT2D eigenvalue weighted by Crippen LogP contribution is 2.49. The molecule has 1 aliphatic heterocycles. The van der Waals surface area contributed by atoms with Gasteiger partial charge in [0, 0.05) is 34.9 Å². The van der Waals surface area contributed by atoms with E-state index in [1.54, 1.807) is 37.6 Å². The molecule has 1 aromatic carbocycles. The lowest BCUT2D eigenvalue weighted by atomic mass is 9.77. The quantitative estimate of drug-likeness (QED) is 0.493. The van der Waals surface area contributed by atoms with Crippen LogP contribution in [-0.4, -0.2) is 33.0 Å². The second kappa shape index (κ2) is 10.6. The van der Waals surface area contributed by atoms with Gasteiger partial charge < -0.3 is 14.2 Å². The molecule has 0 N–H and O–H groups in total. The SMILES string of the molecule is COc1cc(C2CC(=O)N(c3sc4c(c3C#N)CCCCCC4)C3=C2C(=O)CCC3)cc(OC)c1OC. The number of hydrogen-bond donors (Lipinski definition) is 0. The molecule has 2 heterocycles. The molecule has 3 aliphatic rings. The molecule has 1 amide bonds. The van der Waals surface area contributed by atoms with E-state index in [2.05, 4.69) is 6.07 Å². The molecule has 0 saturated carbocycles. The third-order valence-corrected chi connectivity index (χ3v) is 9.01. The second-order valence-corrected chi connectivity index (χ2v) is 10.9. The zero-order valence-electron chi connectivity index (χ0n) is 21.6. The monoisotopic (exact) mass is 520 g/mol. The number of benzene rings is 1. The van der Waals surface area contributed by atoms with Gasteiger partial charge in [0.15, 0.2) is 17.3 Å². The normalized spacial score (nSPS) is 19.9. The van der Waals surface area contributed by atoms with E-state index in [0.717, 1.165) is 42.5 Å². The van der Waals surface area contributed by atoms with Crippen molar-refractivity contribution >= 4 is 28.0 Å². The molecule has 1 unspecified atom stereocenters. The highest BCUT2D eigenvalue weighted by atomic mass is 32.1. The fourth-order valence-corrected chi connectivity index (χ4v) is 7.37. The molecule has 8 heteroatoms. The molecule has 37 heavy (non-hydrogen) atoms. The number of fused-ring (bicyclic) bond motifs is 1. The van der Waals surface area contributed by atoms with E-state index in [0.29, 0.717) is 52.6 Å². The number of nitriles is 1. The number of thiophene rings is 1. The molecule has 2 aliphatic carbocycles. The summed E-state index contributed by atoms with van der Waals surface area (Å²) in [6.07, 6.45) is 8.23. The van der Waals surface area contributed by atoms with E-state index in [4.69, 9.17) is 14.2 Å². The Morgan fingerprint density at radius 2 is 1.62 bits per heavy atom. The smallest absolute Gasteiger partial charge is 0.232 e. The van der Waals surface area contributed by atoms with Crippen molar-refractivity contribution in [1.29, 1.82) is 5.26 Å². The lowest BCUT2D eigenvalue weighted by molar-refractivity contribution is -0.119. The van der Waals surface area contributed by atoms with Crippen molar-refractivity contribution in [3.05, 3.63) is 45.0 Å². The third-order valence-electron chi connectivity index (χ3n) is 7.73. The van der Waals surface area contributed by atoms with Crippen LogP contribution in [0, 0.1) is 11.3 Å². The maximum atomic E-state index is 13.9. The Kier molecular flexibility index (Phi) is 7.25. The summed E-state index contributed by atoms with van der Waals surface area (Å²) < 4.78 is 16.6. The van der Waals surface area contributed by atoms with Crippen LogP contribution in [-0.2, 0) is 22.4 Å². The number of carbonyl (C=O) groups is 2. The minimum absolute atomic E-state index is 0.0610. The summed E-state index contributed by atoms with van der Waals surface area (Å²) in [5, 5.41) is 10.9. The average Bonchev–Trinajstić information content (AvgIpc) is 3.22. The maximum Gasteiger partial charge on any atom is 0.232 e. The molecule has 0 saturated heterocycles. The summed E-state index contributed by atoms with van der Waals surface area (Å²) in [5.74, 6) is 1.01. The van der Waals surface area contributed by atoms with Gasteiger partial charge in [-0.05, 0) is 61.8 Å². The van der Waals surface area contributed by atoms with Crippen molar-refractivity contribution in [2.24, 2.45) is 0 Å². The Hall–Kier alpha value is -3.31. The Bertz CT molecular complexity index is 1290. The predicted octanol–water partition coefficient (Wildman–Crippen LogP) is 5.83. The Labute approximate surface area is 221 Å². The van der Waals surface area contributed by atoms with Gasteiger partial charge >= 0.3 is 0 Å². The van der Waals surface area contributed by atoms with Gasteiger partial charge in [-0.25, -0.2) is 0 Å². The number of anilines is 1. The maximum absolute atomic E-state index is 13.9. The third kappa shape index (κ3) is 4.40. The number of methoxy groups -OCH3 is 3. The molecule has 5 rings (SSSR count). The molecular weight excluding hydrogens is 488 g/mol. The number of ether oxygens (including phenoxy) is 3. The minimum Gasteiger partial charge on any atom is -0.493 e. The number of nitrogens with zero attached hydrogens (tertiary/aromatic N) is 2. The summed E-state index contributed by atoms with van der Waals surface area (Å²) in [4.78, 5) is 30.2. The van der Waals surface area contributed by atoms with E-state index >= 15 is 0 Å². The first-order chi connectivity index (χ1) is 18.0. The highest BCUT2D eigenvalue weighted by molar-refractivity contribution is 7.16. The van der Waals surface area contributed by atoms with Crippen LogP contribution in [0.25, 0.3) is 0 Å². The predicted molar refractivity (Wildman–Crippen MR) is 142 cm³/mol. The van der Waals surface area contributed by atoms with Crippen LogP contribution in [0.5, 0.6) is 17.2 Å². The Morgan fingerprint density at radius 3 is 2.27 bits per heavy atom. The number of Topliss-reactive ketones (excluding diaryl/α,β-unsaturated/α-hetero) is 1. The van der Waals surface area contributed by atoms with Gasteiger partial charge in [-0.15, -0.1) is 11.3 Å². The van der Waals surface area contributed by atoms with Gasteiger partial charge in [0.05, 0.1) is 26.9 Å². The van der Waals surface area contributed by atoms with Crippen molar-refractivity contribution in [3.8, 4) is 23.3 Å². The van der Waals surface area contributed by atoms with Gasteiger partial charge in [0.25, 0.3) is 0 Å². The summed E-state index contributed by atoms with van der Waals surface area (Å²) in [5.41, 5.74) is 3.92. The zero-order chi connectivity index (χ0) is 26.1. The number of amides is 1. The number of aryl methyl sites for hydroxylation is 1. The van der Waals surface area contributed by atoms with Crippen molar-refractivity contribution in [3.63, 3.8) is 0 Å². The van der Waals surface area contributed by atoms with Crippen molar-refractivity contribution in [2.75, 3.05) is 26.2 Å². The molecule has 0 radical (unpaired) electrons. The van der Waals surface area contributed by atoms with Crippen molar-refractivity contribution in [1.82, 2.24) is 0 Å². The zero-order valence-corrected chi connectivity index (χ0v) is 22.5. The topological polar surface area (TPSA) is 88.9 Å². The number of ketones is 1. The first kappa shape index (κ1) is 25.3. The standard InChI is InChI=1S/C29H32N2O5S/c1-34-23-13-17(14-24(35-2)28(23)36-3)19-15-26(33)31(21-10-8-11-22(32)27(19)21)29-20(16-30)18-9-6-4-5-7-12-25(18)37-29/h13-14,19H,4-12,15H2,1-3H3. The van der Waals surface area contributed by atoms with Crippen LogP contribution in [0.15, 0.2) is 23.4 Å². The van der Waals surface area contributed by atoms with Crippen LogP contribution in [0.3, 0.4) is 0 Å². The van der Waals surface area contributed by atoms with Gasteiger partial charge in [-0.1, -0.05) is 12.8 Å². The molecule has 2 aromatic rings. The summed E-state index contributed by atoms with van der Waals surface area (Å²) >= 11 is 1.57. The Balaban J connectivity index is 1.66. The van der Waals surface area contributed by atoms with E-state index in [-0.39, 0.29) is 18.1 Å². The van der Waals surface area contributed by atoms with E-state index in [1.165, 1.54) is 17.7 Å². The molecular formula is C29H32N2O5S. The van der Waals surface area contributed by atoms with Crippen molar-refractivity contribution < 1.29 is 23.8 Å². The number of rotatable bonds is 5. The van der Waals surface area contributed by atoms with E-state index < -0.39 is 5.92 Å². The first-order valence-corrected chi connectivity index (χ1v) is 13.8. The van der Waals surface area contributed by atoms with Crippen LogP contribution in [0.1, 0.15) is 78.9 Å². The molecule has 7 nitrogen and oxygen atoms in total. The molecule has 1 atom stereocenters. The average molecular weight is 521 g/mol. The molecule has 0 bridgehead atoms. The molecule has 0 spiro atoms. The summed E-state index contributed by atoms with van der Waals surface area (Å²) in [6, 6.07) is 6.09. The van der Waals surface area contributed by atoms with Crippen LogP contribution >= 0.6 is 11.3 Å². The van der Waals surface area contributed by atoms with Crippen LogP contribution in [0.4, 0.5) is 5.00 Å². The fraction of sp³-hybridized carbons (Fsp3) is 0.483. The molecule has 1 aromatic heterocycles. The fourth-order valence-electron chi connectivity index (χ4n) is 5.99. The largest absolute Gasteiger partial charge is 0.493 e. The van der Waals surface area contributed by atoms with Gasteiger partial charge in [0.2, 0.25) is 11.7 Å². The highest BCUT2D eigenvalue weighted by Gasteiger charge is 2.42. The van der Waals surface area contributed by atoms with Crippen molar-refractivity contribution in [2.45, 2.75) is 70.1 Å². The number of allylic oxidation sites excluding steroid dienone is 2. The first-order valence-electron chi connectivity index (χ1n) is 13.0. The van der Waals surface area contributed by atoms with E-state index in [1.807, 2.05) is 12.1 Å². The summed E-state index contributed by atoms with van der Waals surface area (Å²) in [7, 11) is 4.65. The molecule has 0 fully saturated rings. The Morgan fingerprint density at radius 1 is 0.919 bits per heavy atom. The minimum atomic E-state index is -0.410. The lowest BCUT2D eigenvalue weighted by Gasteiger charge is -2.38. The van der Waals surface area contributed by atoms with Crippen LogP contribution < -0.4 is 19.1 Å². The van der Waals surface area contributed by atoms with E-state index in [9.17, 15) is 14.9 Å². The van der Waals surface area contributed by atoms with Gasteiger partial charge in [0.1, 0.15) is 11.1 Å². The number of carbonyl (C=O) groups excluding carboxylic acids is 2.